The van der Waals surface area contributed by atoms with Crippen LogP contribution in [0, 0.1) is 5.92 Å². The van der Waals surface area contributed by atoms with Gasteiger partial charge in [0, 0.05) is 44.5 Å². The normalized spacial score (nSPS) is 29.1. The number of hydrogen-bond acceptors (Lipinski definition) is 3. The molecule has 18 heavy (non-hydrogen) atoms. The number of nitrogens with zero attached hydrogens (tertiary/aromatic N) is 2. The minimum Gasteiger partial charge on any atom is -0.369 e. The molecular weight excluding hydrogens is 222 g/mol. The average Bonchev–Trinajstić information content (AvgIpc) is 2.39. The molecule has 0 amide bonds. The molecule has 3 rings (SSSR count). The number of hydrogen-bond donors (Lipinski definition) is 1. The highest BCUT2D eigenvalue weighted by atomic mass is 15.3. The van der Waals surface area contributed by atoms with Crippen LogP contribution in [-0.4, -0.2) is 43.7 Å². The molecule has 3 heteroatoms. The largest absolute Gasteiger partial charge is 0.369 e. The lowest BCUT2D eigenvalue weighted by Crippen LogP contribution is -2.50. The Labute approximate surface area is 110 Å². The lowest BCUT2D eigenvalue weighted by atomic mass is 9.80. The van der Waals surface area contributed by atoms with Crippen LogP contribution >= 0.6 is 0 Å². The Hall–Kier alpha value is -1.06. The predicted molar refractivity (Wildman–Crippen MR) is 75.8 cm³/mol. The Morgan fingerprint density at radius 3 is 2.28 bits per heavy atom. The van der Waals surface area contributed by atoms with Gasteiger partial charge in [0.15, 0.2) is 0 Å². The number of nitrogens with two attached hydrogens (primary N) is 1. The molecule has 0 atom stereocenters. The van der Waals surface area contributed by atoms with Crippen molar-refractivity contribution in [3.05, 3.63) is 30.3 Å². The second kappa shape index (κ2) is 5.29. The van der Waals surface area contributed by atoms with E-state index in [1.165, 1.54) is 38.2 Å². The van der Waals surface area contributed by atoms with Gasteiger partial charge >= 0.3 is 0 Å². The number of rotatable bonds is 3. The van der Waals surface area contributed by atoms with E-state index in [0.717, 1.165) is 19.0 Å². The summed E-state index contributed by atoms with van der Waals surface area (Å²) in [7, 11) is 0. The summed E-state index contributed by atoms with van der Waals surface area (Å²) < 4.78 is 0. The number of benzene rings is 1. The second-order valence-electron chi connectivity index (χ2n) is 5.72. The molecule has 98 valence electrons. The molecule has 0 bridgehead atoms. The number of piperazine rings is 1. The van der Waals surface area contributed by atoms with E-state index < -0.39 is 0 Å². The lowest BCUT2D eigenvalue weighted by molar-refractivity contribution is 0.154. The molecule has 0 spiro atoms. The fourth-order valence-corrected chi connectivity index (χ4v) is 3.13. The van der Waals surface area contributed by atoms with Crippen LogP contribution < -0.4 is 10.6 Å². The monoisotopic (exact) mass is 245 g/mol. The van der Waals surface area contributed by atoms with E-state index in [9.17, 15) is 0 Å². The quantitative estimate of drug-likeness (QED) is 0.877. The molecule has 3 nitrogen and oxygen atoms in total. The zero-order chi connectivity index (χ0) is 12.4. The summed E-state index contributed by atoms with van der Waals surface area (Å²) in [5.74, 6) is 0.864. The van der Waals surface area contributed by atoms with Gasteiger partial charge < -0.3 is 10.6 Å². The van der Waals surface area contributed by atoms with Crippen LogP contribution in [0.25, 0.3) is 0 Å². The van der Waals surface area contributed by atoms with Gasteiger partial charge in [-0.25, -0.2) is 0 Å². The Morgan fingerprint density at radius 1 is 1.00 bits per heavy atom. The summed E-state index contributed by atoms with van der Waals surface area (Å²) in [6.07, 6.45) is 2.47. The van der Waals surface area contributed by atoms with E-state index >= 15 is 0 Å². The summed E-state index contributed by atoms with van der Waals surface area (Å²) in [6, 6.07) is 11.2. The fourth-order valence-electron chi connectivity index (χ4n) is 3.13. The standard InChI is InChI=1S/C15H23N3/c16-14-10-13(11-14)12-17-6-8-18(9-7-17)15-4-2-1-3-5-15/h1-5,13-14H,6-12,16H2. The van der Waals surface area contributed by atoms with Gasteiger partial charge in [0.05, 0.1) is 0 Å². The highest BCUT2D eigenvalue weighted by Gasteiger charge is 2.28. The Kier molecular flexibility index (Phi) is 3.52. The van der Waals surface area contributed by atoms with Crippen molar-refractivity contribution < 1.29 is 0 Å². The van der Waals surface area contributed by atoms with Crippen LogP contribution in [0.2, 0.25) is 0 Å². The number of para-hydroxylation sites is 1. The molecule has 1 saturated carbocycles. The molecule has 1 aliphatic carbocycles. The van der Waals surface area contributed by atoms with Gasteiger partial charge in [0.25, 0.3) is 0 Å². The second-order valence-corrected chi connectivity index (χ2v) is 5.72. The van der Waals surface area contributed by atoms with Gasteiger partial charge in [-0.3, -0.25) is 4.90 Å². The first kappa shape index (κ1) is 12.0. The van der Waals surface area contributed by atoms with Gasteiger partial charge in [0.2, 0.25) is 0 Å². The van der Waals surface area contributed by atoms with Crippen molar-refractivity contribution in [1.29, 1.82) is 0 Å². The minimum absolute atomic E-state index is 0.487. The number of anilines is 1. The van der Waals surface area contributed by atoms with Crippen LogP contribution in [0.1, 0.15) is 12.8 Å². The zero-order valence-corrected chi connectivity index (χ0v) is 11.0. The molecule has 2 N–H and O–H groups in total. The first-order chi connectivity index (χ1) is 8.81. The van der Waals surface area contributed by atoms with E-state index in [0.29, 0.717) is 6.04 Å². The predicted octanol–water partition coefficient (Wildman–Crippen LogP) is 1.55. The summed E-state index contributed by atoms with van der Waals surface area (Å²) in [6.45, 7) is 5.96. The Bertz CT molecular complexity index is 365. The van der Waals surface area contributed by atoms with Gasteiger partial charge in [-0.1, -0.05) is 18.2 Å². The van der Waals surface area contributed by atoms with E-state index in [1.54, 1.807) is 0 Å². The summed E-state index contributed by atoms with van der Waals surface area (Å²) >= 11 is 0. The minimum atomic E-state index is 0.487. The molecule has 0 radical (unpaired) electrons. The van der Waals surface area contributed by atoms with Crippen molar-refractivity contribution in [2.75, 3.05) is 37.6 Å². The molecular formula is C15H23N3. The first-order valence-corrected chi connectivity index (χ1v) is 7.09. The SMILES string of the molecule is NC1CC(CN2CCN(c3ccccc3)CC2)C1. The van der Waals surface area contributed by atoms with Gasteiger partial charge in [-0.2, -0.15) is 0 Å². The smallest absolute Gasteiger partial charge is 0.0367 e. The zero-order valence-electron chi connectivity index (χ0n) is 11.0. The van der Waals surface area contributed by atoms with Crippen molar-refractivity contribution in [1.82, 2.24) is 4.90 Å². The van der Waals surface area contributed by atoms with E-state index in [2.05, 4.69) is 40.1 Å². The molecule has 0 unspecified atom stereocenters. The third-order valence-corrected chi connectivity index (χ3v) is 4.28. The van der Waals surface area contributed by atoms with Crippen molar-refractivity contribution in [2.24, 2.45) is 11.7 Å². The molecule has 1 aromatic rings. The Balaban J connectivity index is 1.46. The molecule has 2 aliphatic rings. The van der Waals surface area contributed by atoms with E-state index in [4.69, 9.17) is 5.73 Å². The Morgan fingerprint density at radius 2 is 1.67 bits per heavy atom. The maximum absolute atomic E-state index is 5.85. The molecule has 1 saturated heterocycles. The third kappa shape index (κ3) is 2.68. The van der Waals surface area contributed by atoms with Crippen LogP contribution in [0.15, 0.2) is 30.3 Å². The summed E-state index contributed by atoms with van der Waals surface area (Å²) in [5.41, 5.74) is 7.21. The first-order valence-electron chi connectivity index (χ1n) is 7.09. The highest BCUT2D eigenvalue weighted by Crippen LogP contribution is 2.27. The molecule has 2 fully saturated rings. The maximum Gasteiger partial charge on any atom is 0.0367 e. The van der Waals surface area contributed by atoms with Crippen LogP contribution in [0.4, 0.5) is 5.69 Å². The van der Waals surface area contributed by atoms with Crippen LogP contribution in [0.3, 0.4) is 0 Å². The van der Waals surface area contributed by atoms with Crippen molar-refractivity contribution in [3.8, 4) is 0 Å². The molecule has 1 aromatic carbocycles. The van der Waals surface area contributed by atoms with Gasteiger partial charge in [0.1, 0.15) is 0 Å². The van der Waals surface area contributed by atoms with Crippen molar-refractivity contribution in [3.63, 3.8) is 0 Å². The third-order valence-electron chi connectivity index (χ3n) is 4.28. The highest BCUT2D eigenvalue weighted by molar-refractivity contribution is 5.46. The maximum atomic E-state index is 5.85. The summed E-state index contributed by atoms with van der Waals surface area (Å²) in [5, 5.41) is 0. The fraction of sp³-hybridized carbons (Fsp3) is 0.600. The average molecular weight is 245 g/mol. The van der Waals surface area contributed by atoms with E-state index in [1.807, 2.05) is 0 Å². The summed E-state index contributed by atoms with van der Waals surface area (Å²) in [4.78, 5) is 5.10. The molecule has 1 heterocycles. The molecule has 0 aromatic heterocycles. The lowest BCUT2D eigenvalue weighted by Gasteiger charge is -2.41. The van der Waals surface area contributed by atoms with Crippen molar-refractivity contribution in [2.45, 2.75) is 18.9 Å². The van der Waals surface area contributed by atoms with Gasteiger partial charge in [-0.05, 0) is 30.9 Å². The van der Waals surface area contributed by atoms with Gasteiger partial charge in [-0.15, -0.1) is 0 Å². The molecule has 1 aliphatic heterocycles. The van der Waals surface area contributed by atoms with E-state index in [-0.39, 0.29) is 0 Å². The van der Waals surface area contributed by atoms with Crippen LogP contribution in [0.5, 0.6) is 0 Å². The van der Waals surface area contributed by atoms with Crippen molar-refractivity contribution >= 4 is 5.69 Å². The van der Waals surface area contributed by atoms with Crippen LogP contribution in [-0.2, 0) is 0 Å². The topological polar surface area (TPSA) is 32.5 Å².